The Balaban J connectivity index is 2.48. The standard InChI is InChI=1S/C10H10N2O2S/c1-10(2)5-14-9-11-6-3-4-15-7(6)8(13)12(9)10/h3-4H,5H2,1-2H3. The highest BCUT2D eigenvalue weighted by Gasteiger charge is 2.34. The van der Waals surface area contributed by atoms with Crippen molar-refractivity contribution in [1.29, 1.82) is 0 Å². The minimum atomic E-state index is -0.294. The van der Waals surface area contributed by atoms with Crippen LogP contribution in [0.5, 0.6) is 6.01 Å². The van der Waals surface area contributed by atoms with Crippen LogP contribution in [0.4, 0.5) is 0 Å². The lowest BCUT2D eigenvalue weighted by molar-refractivity contribution is 0.267. The molecular weight excluding hydrogens is 212 g/mol. The molecule has 4 nitrogen and oxygen atoms in total. The predicted octanol–water partition coefficient (Wildman–Crippen LogP) is 1.59. The van der Waals surface area contributed by atoms with Crippen LogP contribution < -0.4 is 10.3 Å². The van der Waals surface area contributed by atoms with Gasteiger partial charge in [0, 0.05) is 0 Å². The van der Waals surface area contributed by atoms with Crippen molar-refractivity contribution in [1.82, 2.24) is 9.55 Å². The summed E-state index contributed by atoms with van der Waals surface area (Å²) in [5.41, 5.74) is 0.443. The van der Waals surface area contributed by atoms with E-state index in [1.165, 1.54) is 11.3 Å². The highest BCUT2D eigenvalue weighted by molar-refractivity contribution is 7.17. The minimum absolute atomic E-state index is 0.00694. The molecule has 0 fully saturated rings. The Morgan fingerprint density at radius 3 is 3.20 bits per heavy atom. The van der Waals surface area contributed by atoms with E-state index in [1.54, 1.807) is 4.57 Å². The molecular formula is C10H10N2O2S. The molecule has 78 valence electrons. The van der Waals surface area contributed by atoms with E-state index in [2.05, 4.69) is 4.98 Å². The lowest BCUT2D eigenvalue weighted by atomic mass is 10.1. The fourth-order valence-electron chi connectivity index (χ4n) is 1.83. The van der Waals surface area contributed by atoms with Crippen LogP contribution in [0.2, 0.25) is 0 Å². The van der Waals surface area contributed by atoms with Crippen LogP contribution in [0.15, 0.2) is 16.2 Å². The Labute approximate surface area is 90.1 Å². The Morgan fingerprint density at radius 1 is 1.60 bits per heavy atom. The molecule has 15 heavy (non-hydrogen) atoms. The summed E-state index contributed by atoms with van der Waals surface area (Å²) in [6.45, 7) is 4.46. The molecule has 0 saturated carbocycles. The Morgan fingerprint density at radius 2 is 2.40 bits per heavy atom. The maximum absolute atomic E-state index is 12.2. The Kier molecular flexibility index (Phi) is 1.55. The van der Waals surface area contributed by atoms with Gasteiger partial charge in [-0.15, -0.1) is 11.3 Å². The van der Waals surface area contributed by atoms with E-state index in [0.29, 0.717) is 17.3 Å². The van der Waals surface area contributed by atoms with E-state index >= 15 is 0 Å². The molecule has 0 spiro atoms. The molecule has 5 heteroatoms. The first-order valence-corrected chi connectivity index (χ1v) is 5.61. The molecule has 1 aliphatic rings. The van der Waals surface area contributed by atoms with Crippen LogP contribution >= 0.6 is 11.3 Å². The number of aromatic nitrogens is 2. The molecule has 3 heterocycles. The first-order chi connectivity index (χ1) is 7.09. The van der Waals surface area contributed by atoms with Crippen LogP contribution in [0.1, 0.15) is 13.8 Å². The molecule has 0 atom stereocenters. The van der Waals surface area contributed by atoms with Gasteiger partial charge in [0.05, 0.1) is 11.1 Å². The summed E-state index contributed by atoms with van der Waals surface area (Å²) in [4.78, 5) is 16.5. The van der Waals surface area contributed by atoms with Crippen molar-refractivity contribution in [2.24, 2.45) is 0 Å². The molecule has 0 radical (unpaired) electrons. The summed E-state index contributed by atoms with van der Waals surface area (Å²) in [5.74, 6) is 0. The van der Waals surface area contributed by atoms with Gasteiger partial charge in [-0.3, -0.25) is 9.36 Å². The summed E-state index contributed by atoms with van der Waals surface area (Å²) >= 11 is 1.43. The molecule has 3 rings (SSSR count). The van der Waals surface area contributed by atoms with Crippen LogP contribution in [0.25, 0.3) is 10.2 Å². The fourth-order valence-corrected chi connectivity index (χ4v) is 2.59. The number of nitrogens with zero attached hydrogens (tertiary/aromatic N) is 2. The zero-order valence-corrected chi connectivity index (χ0v) is 9.30. The van der Waals surface area contributed by atoms with Gasteiger partial charge in [-0.2, -0.15) is 4.98 Å². The molecule has 0 aliphatic carbocycles. The molecule has 0 bridgehead atoms. The van der Waals surface area contributed by atoms with Crippen molar-refractivity contribution in [3.63, 3.8) is 0 Å². The first-order valence-electron chi connectivity index (χ1n) is 4.73. The van der Waals surface area contributed by atoms with Gasteiger partial charge in [0.1, 0.15) is 11.3 Å². The third kappa shape index (κ3) is 1.07. The van der Waals surface area contributed by atoms with Crippen molar-refractivity contribution in [3.8, 4) is 6.01 Å². The second-order valence-corrected chi connectivity index (χ2v) is 5.19. The molecule has 0 N–H and O–H groups in total. The fraction of sp³-hybridized carbons (Fsp3) is 0.400. The molecule has 0 saturated heterocycles. The van der Waals surface area contributed by atoms with E-state index in [4.69, 9.17) is 4.74 Å². The number of rotatable bonds is 0. The normalized spacial score (nSPS) is 17.7. The number of fused-ring (bicyclic) bond motifs is 2. The monoisotopic (exact) mass is 222 g/mol. The predicted molar refractivity (Wildman–Crippen MR) is 58.7 cm³/mol. The van der Waals surface area contributed by atoms with E-state index in [1.807, 2.05) is 25.3 Å². The van der Waals surface area contributed by atoms with Crippen molar-refractivity contribution >= 4 is 21.6 Å². The molecule has 2 aromatic rings. The zero-order chi connectivity index (χ0) is 10.6. The molecule has 1 aliphatic heterocycles. The third-order valence-corrected chi connectivity index (χ3v) is 3.50. The largest absolute Gasteiger partial charge is 0.462 e. The van der Waals surface area contributed by atoms with E-state index in [-0.39, 0.29) is 11.1 Å². The van der Waals surface area contributed by atoms with E-state index < -0.39 is 0 Å². The highest BCUT2D eigenvalue weighted by atomic mass is 32.1. The quantitative estimate of drug-likeness (QED) is 0.680. The average Bonchev–Trinajstić information content (AvgIpc) is 2.72. The van der Waals surface area contributed by atoms with Crippen LogP contribution in [0, 0.1) is 0 Å². The highest BCUT2D eigenvalue weighted by Crippen LogP contribution is 2.29. The smallest absolute Gasteiger partial charge is 0.300 e. The molecule has 2 aromatic heterocycles. The summed E-state index contributed by atoms with van der Waals surface area (Å²) in [6, 6.07) is 2.28. The summed E-state index contributed by atoms with van der Waals surface area (Å²) < 4.78 is 7.78. The Hall–Kier alpha value is -1.36. The zero-order valence-electron chi connectivity index (χ0n) is 8.48. The van der Waals surface area contributed by atoms with E-state index in [0.717, 1.165) is 5.52 Å². The average molecular weight is 222 g/mol. The summed E-state index contributed by atoms with van der Waals surface area (Å²) in [6.07, 6.45) is 0. The molecule has 0 aromatic carbocycles. The number of hydrogen-bond donors (Lipinski definition) is 0. The second kappa shape index (κ2) is 2.61. The van der Waals surface area contributed by atoms with Crippen LogP contribution in [-0.2, 0) is 5.54 Å². The maximum Gasteiger partial charge on any atom is 0.300 e. The maximum atomic E-state index is 12.2. The van der Waals surface area contributed by atoms with Gasteiger partial charge >= 0.3 is 6.01 Å². The number of hydrogen-bond acceptors (Lipinski definition) is 4. The topological polar surface area (TPSA) is 44.1 Å². The molecule has 0 unspecified atom stereocenters. The summed E-state index contributed by atoms with van der Waals surface area (Å²) in [5, 5.41) is 1.88. The van der Waals surface area contributed by atoms with Crippen LogP contribution in [-0.4, -0.2) is 16.2 Å². The first kappa shape index (κ1) is 8.91. The van der Waals surface area contributed by atoms with Crippen molar-refractivity contribution in [3.05, 3.63) is 21.8 Å². The SMILES string of the molecule is CC1(C)COc2nc3ccsc3c(=O)n21. The van der Waals surface area contributed by atoms with Gasteiger partial charge in [-0.25, -0.2) is 0 Å². The van der Waals surface area contributed by atoms with Gasteiger partial charge in [0.2, 0.25) is 0 Å². The van der Waals surface area contributed by atoms with Crippen molar-refractivity contribution < 1.29 is 4.74 Å². The lowest BCUT2D eigenvalue weighted by Crippen LogP contribution is -2.34. The van der Waals surface area contributed by atoms with E-state index in [9.17, 15) is 4.79 Å². The Bertz CT molecular complexity index is 597. The van der Waals surface area contributed by atoms with Gasteiger partial charge in [-0.1, -0.05) is 0 Å². The number of thiophene rings is 1. The van der Waals surface area contributed by atoms with Gasteiger partial charge < -0.3 is 4.74 Å². The minimum Gasteiger partial charge on any atom is -0.462 e. The van der Waals surface area contributed by atoms with Crippen LogP contribution in [0.3, 0.4) is 0 Å². The lowest BCUT2D eigenvalue weighted by Gasteiger charge is -2.16. The second-order valence-electron chi connectivity index (χ2n) is 4.27. The van der Waals surface area contributed by atoms with Gasteiger partial charge in [0.15, 0.2) is 0 Å². The third-order valence-electron chi connectivity index (χ3n) is 2.61. The number of ether oxygens (including phenoxy) is 1. The molecule has 0 amide bonds. The summed E-state index contributed by atoms with van der Waals surface area (Å²) in [7, 11) is 0. The van der Waals surface area contributed by atoms with Crippen molar-refractivity contribution in [2.75, 3.05) is 6.61 Å². The van der Waals surface area contributed by atoms with Crippen molar-refractivity contribution in [2.45, 2.75) is 19.4 Å². The van der Waals surface area contributed by atoms with Gasteiger partial charge in [0.25, 0.3) is 5.56 Å². The van der Waals surface area contributed by atoms with Gasteiger partial charge in [-0.05, 0) is 25.3 Å².